The second-order valence-electron chi connectivity index (χ2n) is 5.90. The summed E-state index contributed by atoms with van der Waals surface area (Å²) in [5, 5.41) is 0. The molecule has 0 radical (unpaired) electrons. The number of rotatable bonds is 5. The van der Waals surface area contributed by atoms with E-state index in [-0.39, 0.29) is 12.1 Å². The molecule has 5 nitrogen and oxygen atoms in total. The first-order valence-electron chi connectivity index (χ1n) is 7.89. The molecule has 3 unspecified atom stereocenters. The van der Waals surface area contributed by atoms with Crippen LogP contribution in [0.5, 0.6) is 0 Å². The highest BCUT2D eigenvalue weighted by Crippen LogP contribution is 2.37. The number of nitrogens with zero attached hydrogens (tertiary/aromatic N) is 1. The Labute approximate surface area is 132 Å². The van der Waals surface area contributed by atoms with Crippen LogP contribution in [0.3, 0.4) is 0 Å². The molecule has 6 heteroatoms. The average Bonchev–Trinajstić information content (AvgIpc) is 2.96. The summed E-state index contributed by atoms with van der Waals surface area (Å²) in [7, 11) is -3.45. The molecule has 122 valence electrons. The topological polar surface area (TPSA) is 55.8 Å². The fourth-order valence-corrected chi connectivity index (χ4v) is 5.13. The third kappa shape index (κ3) is 3.06. The quantitative estimate of drug-likeness (QED) is 0.829. The van der Waals surface area contributed by atoms with E-state index in [1.165, 1.54) is 0 Å². The minimum atomic E-state index is -3.45. The van der Waals surface area contributed by atoms with Crippen LogP contribution in [0.15, 0.2) is 35.2 Å². The predicted molar refractivity (Wildman–Crippen MR) is 83.1 cm³/mol. The monoisotopic (exact) mass is 325 g/mol. The summed E-state index contributed by atoms with van der Waals surface area (Å²) in [6, 6.07) is 8.60. The van der Waals surface area contributed by atoms with Crippen molar-refractivity contribution in [3.63, 3.8) is 0 Å². The average molecular weight is 325 g/mol. The van der Waals surface area contributed by atoms with Gasteiger partial charge in [0.2, 0.25) is 10.0 Å². The van der Waals surface area contributed by atoms with E-state index in [4.69, 9.17) is 9.47 Å². The standard InChI is InChI=1S/C16H23NO4S/c1-2-20-12-13-10-15-16(11-13)21-9-8-17(15)22(18,19)14-6-4-3-5-7-14/h3-7,13,15-16H,2,8-12H2,1H3. The third-order valence-electron chi connectivity index (χ3n) is 4.49. The van der Waals surface area contributed by atoms with Crippen molar-refractivity contribution in [2.45, 2.75) is 36.8 Å². The lowest BCUT2D eigenvalue weighted by atomic mass is 10.1. The third-order valence-corrected chi connectivity index (χ3v) is 6.43. The predicted octanol–water partition coefficient (Wildman–Crippen LogP) is 1.89. The first-order chi connectivity index (χ1) is 10.6. The highest BCUT2D eigenvalue weighted by molar-refractivity contribution is 7.89. The minimum Gasteiger partial charge on any atom is -0.381 e. The number of hydrogen-bond acceptors (Lipinski definition) is 4. The van der Waals surface area contributed by atoms with Gasteiger partial charge in [-0.1, -0.05) is 18.2 Å². The van der Waals surface area contributed by atoms with Crippen LogP contribution in [0.25, 0.3) is 0 Å². The van der Waals surface area contributed by atoms with Gasteiger partial charge in [0, 0.05) is 19.8 Å². The first kappa shape index (κ1) is 15.9. The molecule has 1 saturated heterocycles. The minimum absolute atomic E-state index is 0.00214. The van der Waals surface area contributed by atoms with Crippen LogP contribution in [0.1, 0.15) is 19.8 Å². The fourth-order valence-electron chi connectivity index (χ4n) is 3.46. The Bertz CT molecular complexity index is 589. The van der Waals surface area contributed by atoms with E-state index in [2.05, 4.69) is 0 Å². The van der Waals surface area contributed by atoms with E-state index < -0.39 is 10.0 Å². The van der Waals surface area contributed by atoms with Gasteiger partial charge in [0.25, 0.3) is 0 Å². The summed E-state index contributed by atoms with van der Waals surface area (Å²) in [6.07, 6.45) is 1.69. The summed E-state index contributed by atoms with van der Waals surface area (Å²) in [5.74, 6) is 0.376. The summed E-state index contributed by atoms with van der Waals surface area (Å²) in [5.41, 5.74) is 0. The van der Waals surface area contributed by atoms with Gasteiger partial charge in [0.05, 0.1) is 23.6 Å². The van der Waals surface area contributed by atoms with Crippen LogP contribution in [0.4, 0.5) is 0 Å². The van der Waals surface area contributed by atoms with Crippen LogP contribution in [-0.4, -0.2) is 51.2 Å². The van der Waals surface area contributed by atoms with Gasteiger partial charge >= 0.3 is 0 Å². The molecule has 1 aromatic carbocycles. The lowest BCUT2D eigenvalue weighted by molar-refractivity contribution is -0.0251. The van der Waals surface area contributed by atoms with E-state index in [0.717, 1.165) is 12.8 Å². The number of benzene rings is 1. The maximum atomic E-state index is 12.9. The Kier molecular flexibility index (Phi) is 4.82. The maximum absolute atomic E-state index is 12.9. The molecule has 1 aliphatic heterocycles. The van der Waals surface area contributed by atoms with Gasteiger partial charge in [-0.3, -0.25) is 0 Å². The van der Waals surface area contributed by atoms with Crippen LogP contribution >= 0.6 is 0 Å². The molecule has 0 N–H and O–H groups in total. The van der Waals surface area contributed by atoms with E-state index >= 15 is 0 Å². The number of hydrogen-bond donors (Lipinski definition) is 0. The molecule has 3 atom stereocenters. The van der Waals surface area contributed by atoms with Crippen molar-refractivity contribution >= 4 is 10.0 Å². The molecule has 2 aliphatic rings. The van der Waals surface area contributed by atoms with Crippen LogP contribution in [-0.2, 0) is 19.5 Å². The molecular weight excluding hydrogens is 302 g/mol. The zero-order valence-corrected chi connectivity index (χ0v) is 13.7. The van der Waals surface area contributed by atoms with E-state index in [1.54, 1.807) is 28.6 Å². The molecule has 0 spiro atoms. The molecule has 0 bridgehead atoms. The van der Waals surface area contributed by atoms with Crippen LogP contribution in [0.2, 0.25) is 0 Å². The normalized spacial score (nSPS) is 29.4. The maximum Gasteiger partial charge on any atom is 0.243 e. The molecule has 1 saturated carbocycles. The van der Waals surface area contributed by atoms with Crippen molar-refractivity contribution in [3.05, 3.63) is 30.3 Å². The lowest BCUT2D eigenvalue weighted by Crippen LogP contribution is -2.51. The van der Waals surface area contributed by atoms with Gasteiger partial charge in [-0.05, 0) is 37.8 Å². The molecule has 0 amide bonds. The molecule has 1 aromatic rings. The number of ether oxygens (including phenoxy) is 2. The van der Waals surface area contributed by atoms with Crippen LogP contribution < -0.4 is 0 Å². The highest BCUT2D eigenvalue weighted by atomic mass is 32.2. The van der Waals surface area contributed by atoms with Gasteiger partial charge in [-0.25, -0.2) is 8.42 Å². The summed E-state index contributed by atoms with van der Waals surface area (Å²) in [4.78, 5) is 0.365. The van der Waals surface area contributed by atoms with Crippen molar-refractivity contribution in [2.75, 3.05) is 26.4 Å². The second kappa shape index (κ2) is 6.66. The van der Waals surface area contributed by atoms with Crippen molar-refractivity contribution < 1.29 is 17.9 Å². The molecule has 22 heavy (non-hydrogen) atoms. The van der Waals surface area contributed by atoms with Crippen molar-refractivity contribution in [1.29, 1.82) is 0 Å². The van der Waals surface area contributed by atoms with Gasteiger partial charge in [0.15, 0.2) is 0 Å². The van der Waals surface area contributed by atoms with Crippen molar-refractivity contribution in [1.82, 2.24) is 4.31 Å². The molecule has 3 rings (SSSR count). The van der Waals surface area contributed by atoms with Gasteiger partial charge in [0.1, 0.15) is 0 Å². The fraction of sp³-hybridized carbons (Fsp3) is 0.625. The smallest absolute Gasteiger partial charge is 0.243 e. The largest absolute Gasteiger partial charge is 0.381 e. The van der Waals surface area contributed by atoms with Crippen molar-refractivity contribution in [2.24, 2.45) is 5.92 Å². The summed E-state index contributed by atoms with van der Waals surface area (Å²) >= 11 is 0. The summed E-state index contributed by atoms with van der Waals surface area (Å²) in [6.45, 7) is 4.25. The van der Waals surface area contributed by atoms with E-state index in [0.29, 0.717) is 37.2 Å². The zero-order chi connectivity index (χ0) is 15.6. The Morgan fingerprint density at radius 1 is 1.27 bits per heavy atom. The number of sulfonamides is 1. The van der Waals surface area contributed by atoms with E-state index in [9.17, 15) is 8.42 Å². The van der Waals surface area contributed by atoms with Gasteiger partial charge in [-0.2, -0.15) is 4.31 Å². The first-order valence-corrected chi connectivity index (χ1v) is 9.33. The molecular formula is C16H23NO4S. The lowest BCUT2D eigenvalue weighted by Gasteiger charge is -2.36. The van der Waals surface area contributed by atoms with Crippen LogP contribution in [0, 0.1) is 5.92 Å². The molecule has 1 heterocycles. The Morgan fingerprint density at radius 2 is 2.05 bits per heavy atom. The van der Waals surface area contributed by atoms with E-state index in [1.807, 2.05) is 13.0 Å². The second-order valence-corrected chi connectivity index (χ2v) is 7.79. The van der Waals surface area contributed by atoms with Gasteiger partial charge < -0.3 is 9.47 Å². The Hall–Kier alpha value is -0.950. The Balaban J connectivity index is 1.79. The SMILES string of the molecule is CCOCC1CC2OCCN(S(=O)(=O)c3ccccc3)C2C1. The number of morpholine rings is 1. The molecule has 0 aromatic heterocycles. The van der Waals surface area contributed by atoms with Gasteiger partial charge in [-0.15, -0.1) is 0 Å². The Morgan fingerprint density at radius 3 is 2.77 bits per heavy atom. The summed E-state index contributed by atoms with van der Waals surface area (Å²) < 4.78 is 38.7. The molecule has 2 fully saturated rings. The zero-order valence-electron chi connectivity index (χ0n) is 12.8. The molecule has 1 aliphatic carbocycles. The van der Waals surface area contributed by atoms with Crippen molar-refractivity contribution in [3.8, 4) is 0 Å². The highest BCUT2D eigenvalue weighted by Gasteiger charge is 2.45. The number of fused-ring (bicyclic) bond motifs is 1.